The van der Waals surface area contributed by atoms with E-state index in [2.05, 4.69) is 10.6 Å². The first-order valence-corrected chi connectivity index (χ1v) is 11.4. The zero-order valence-electron chi connectivity index (χ0n) is 17.8. The van der Waals surface area contributed by atoms with E-state index < -0.39 is 16.9 Å². The Hall–Kier alpha value is -3.71. The summed E-state index contributed by atoms with van der Waals surface area (Å²) in [5.41, 5.74) is 0.642. The highest BCUT2D eigenvalue weighted by atomic mass is 16.3. The third-order valence-corrected chi connectivity index (χ3v) is 8.29. The molecule has 5 heterocycles. The highest BCUT2D eigenvalue weighted by Gasteiger charge is 2.82. The van der Waals surface area contributed by atoms with Crippen molar-refractivity contribution in [2.24, 2.45) is 5.92 Å². The lowest BCUT2D eigenvalue weighted by Crippen LogP contribution is -3.20. The molecule has 164 valence electrons. The molecule has 2 fully saturated rings. The maximum absolute atomic E-state index is 14.3. The van der Waals surface area contributed by atoms with Crippen molar-refractivity contribution in [2.45, 2.75) is 29.8 Å². The Bertz CT molecular complexity index is 1270. The van der Waals surface area contributed by atoms with Gasteiger partial charge in [0.2, 0.25) is 17.2 Å². The van der Waals surface area contributed by atoms with Crippen molar-refractivity contribution in [3.63, 3.8) is 0 Å². The third kappa shape index (κ3) is 1.98. The van der Waals surface area contributed by atoms with Gasteiger partial charge in [0.15, 0.2) is 5.76 Å². The molecule has 0 saturated carbocycles. The number of furan rings is 1. The molecule has 2 saturated heterocycles. The lowest BCUT2D eigenvalue weighted by atomic mass is 9.60. The second-order valence-electron chi connectivity index (χ2n) is 9.42. The van der Waals surface area contributed by atoms with Crippen molar-refractivity contribution in [3.05, 3.63) is 83.8 Å². The second-order valence-corrected chi connectivity index (χ2v) is 9.42. The van der Waals surface area contributed by atoms with Gasteiger partial charge in [-0.25, -0.2) is 0 Å². The summed E-state index contributed by atoms with van der Waals surface area (Å²) in [6.07, 6.45) is 3.10. The maximum Gasteiger partial charge on any atom is 0.291 e. The fourth-order valence-corrected chi connectivity index (χ4v) is 7.33. The molecule has 0 bridgehead atoms. The Morgan fingerprint density at radius 1 is 0.909 bits per heavy atom. The number of benzene rings is 2. The number of fused-ring (bicyclic) bond motifs is 7. The molecule has 7 nitrogen and oxygen atoms in total. The van der Waals surface area contributed by atoms with Crippen molar-refractivity contribution in [2.75, 3.05) is 17.2 Å². The van der Waals surface area contributed by atoms with Crippen LogP contribution in [0.15, 0.2) is 71.3 Å². The van der Waals surface area contributed by atoms with Crippen LogP contribution in [0.2, 0.25) is 0 Å². The van der Waals surface area contributed by atoms with Crippen LogP contribution in [0.3, 0.4) is 0 Å². The van der Waals surface area contributed by atoms with Gasteiger partial charge in [0, 0.05) is 24.1 Å². The summed E-state index contributed by atoms with van der Waals surface area (Å²) in [5, 5.41) is 6.10. The van der Waals surface area contributed by atoms with Gasteiger partial charge in [0.1, 0.15) is 17.4 Å². The van der Waals surface area contributed by atoms with Crippen molar-refractivity contribution in [1.82, 2.24) is 0 Å². The molecule has 7 rings (SSSR count). The first-order valence-electron chi connectivity index (χ1n) is 11.4. The van der Waals surface area contributed by atoms with Crippen LogP contribution in [0.4, 0.5) is 11.4 Å². The normalized spacial score (nSPS) is 33.2. The van der Waals surface area contributed by atoms with Crippen molar-refractivity contribution >= 4 is 29.0 Å². The predicted molar refractivity (Wildman–Crippen MR) is 119 cm³/mol. The van der Waals surface area contributed by atoms with E-state index in [1.807, 2.05) is 48.5 Å². The summed E-state index contributed by atoms with van der Waals surface area (Å²) in [4.78, 5) is 43.3. The number of rotatable bonds is 2. The molecule has 0 aliphatic carbocycles. The van der Waals surface area contributed by atoms with E-state index in [4.69, 9.17) is 4.42 Å². The number of para-hydroxylation sites is 2. The number of hydrogen-bond donors (Lipinski definition) is 3. The Labute approximate surface area is 189 Å². The quantitative estimate of drug-likeness (QED) is 0.531. The maximum atomic E-state index is 14.3. The second kappa shape index (κ2) is 6.20. The first kappa shape index (κ1) is 18.8. The molecule has 2 spiro atoms. The number of amides is 2. The molecular weight excluding hydrogens is 418 g/mol. The van der Waals surface area contributed by atoms with Crippen LogP contribution in [-0.4, -0.2) is 30.2 Å². The number of nitrogens with one attached hydrogen (secondary N) is 3. The molecule has 5 atom stereocenters. The minimum atomic E-state index is -1.21. The average Bonchev–Trinajstić information content (AvgIpc) is 3.62. The van der Waals surface area contributed by atoms with Crippen LogP contribution in [0.1, 0.15) is 34.5 Å². The molecule has 3 N–H and O–H groups in total. The molecule has 2 amide bonds. The number of Topliss-reactive ketones (excluding diaryl/α,β-unsaturated/α-hetero) is 1. The molecule has 1 aromatic heterocycles. The van der Waals surface area contributed by atoms with E-state index in [1.165, 1.54) is 6.26 Å². The average molecular weight is 440 g/mol. The molecule has 3 aromatic rings. The van der Waals surface area contributed by atoms with Gasteiger partial charge in [-0.2, -0.15) is 0 Å². The van der Waals surface area contributed by atoms with E-state index in [-0.39, 0.29) is 29.4 Å². The van der Waals surface area contributed by atoms with Crippen LogP contribution < -0.4 is 15.5 Å². The summed E-state index contributed by atoms with van der Waals surface area (Å²) < 4.78 is 5.56. The summed E-state index contributed by atoms with van der Waals surface area (Å²) in [6.45, 7) is 0.714. The minimum absolute atomic E-state index is 0.175. The Balaban J connectivity index is 1.60. The number of quaternary nitrogens is 1. The molecule has 33 heavy (non-hydrogen) atoms. The molecule has 7 heteroatoms. The number of hydrogen-bond acceptors (Lipinski definition) is 4. The monoisotopic (exact) mass is 440 g/mol. The van der Waals surface area contributed by atoms with Gasteiger partial charge < -0.3 is 20.0 Å². The third-order valence-electron chi connectivity index (χ3n) is 8.29. The molecule has 4 aliphatic heterocycles. The first-order chi connectivity index (χ1) is 16.1. The van der Waals surface area contributed by atoms with Crippen LogP contribution in [0.25, 0.3) is 0 Å². The van der Waals surface area contributed by atoms with Gasteiger partial charge in [-0.15, -0.1) is 0 Å². The lowest BCUT2D eigenvalue weighted by Gasteiger charge is -2.34. The fraction of sp³-hybridized carbons (Fsp3) is 0.269. The molecular formula is C26H22N3O4+. The lowest BCUT2D eigenvalue weighted by molar-refractivity contribution is -0.948. The topological polar surface area (TPSA) is 92.8 Å². The van der Waals surface area contributed by atoms with E-state index in [0.717, 1.165) is 34.6 Å². The Kier molecular flexibility index (Phi) is 3.54. The van der Waals surface area contributed by atoms with Gasteiger partial charge >= 0.3 is 0 Å². The highest BCUT2D eigenvalue weighted by molar-refractivity contribution is 6.17. The predicted octanol–water partition coefficient (Wildman–Crippen LogP) is 1.88. The number of carbonyl (C=O) groups excluding carboxylic acids is 3. The largest absolute Gasteiger partial charge is 0.461 e. The summed E-state index contributed by atoms with van der Waals surface area (Å²) in [7, 11) is 0. The van der Waals surface area contributed by atoms with Crippen molar-refractivity contribution in [3.8, 4) is 0 Å². The van der Waals surface area contributed by atoms with E-state index in [1.54, 1.807) is 12.1 Å². The standard InChI is InChI=1S/C26H21N3O4/c30-21(19-11-6-14-33-19)22-25(15-7-1-3-9-17(15)27-23(25)31)20-12-5-13-29(20)26(22)16-8-2-4-10-18(16)28-24(26)32/h1-4,6-11,14,20,22H,5,12-13H2,(H,27,31)(H,28,32)/p+1/t20-,22+,25-,26+/m0/s1. The molecule has 0 radical (unpaired) electrons. The highest BCUT2D eigenvalue weighted by Crippen LogP contribution is 2.58. The van der Waals surface area contributed by atoms with Gasteiger partial charge in [-0.3, -0.25) is 14.4 Å². The van der Waals surface area contributed by atoms with Gasteiger partial charge in [0.25, 0.3) is 5.91 Å². The van der Waals surface area contributed by atoms with Gasteiger partial charge in [-0.05, 0) is 29.8 Å². The summed E-state index contributed by atoms with van der Waals surface area (Å²) in [5.74, 6) is -1.49. The van der Waals surface area contributed by atoms with Crippen LogP contribution in [0.5, 0.6) is 0 Å². The van der Waals surface area contributed by atoms with Crippen molar-refractivity contribution < 1.29 is 23.7 Å². The van der Waals surface area contributed by atoms with Gasteiger partial charge in [0.05, 0.1) is 18.5 Å². The van der Waals surface area contributed by atoms with E-state index in [0.29, 0.717) is 12.2 Å². The minimum Gasteiger partial charge on any atom is -0.461 e. The van der Waals surface area contributed by atoms with Crippen LogP contribution >= 0.6 is 0 Å². The van der Waals surface area contributed by atoms with E-state index in [9.17, 15) is 14.4 Å². The zero-order valence-corrected chi connectivity index (χ0v) is 17.8. The van der Waals surface area contributed by atoms with Gasteiger partial charge in [-0.1, -0.05) is 36.4 Å². The molecule has 1 unspecified atom stereocenters. The smallest absolute Gasteiger partial charge is 0.291 e. The van der Waals surface area contributed by atoms with Crippen LogP contribution in [-0.2, 0) is 20.5 Å². The van der Waals surface area contributed by atoms with E-state index >= 15 is 0 Å². The Morgan fingerprint density at radius 2 is 1.61 bits per heavy atom. The van der Waals surface area contributed by atoms with Crippen LogP contribution in [0, 0.1) is 5.92 Å². The Morgan fingerprint density at radius 3 is 2.36 bits per heavy atom. The summed E-state index contributed by atoms with van der Waals surface area (Å²) >= 11 is 0. The SMILES string of the molecule is O=C(c1ccco1)[C@@H]1[C@@]2(C(=O)Nc3ccccc32)[C@@H]2CCC[NH+]2[C@@]12C(=O)Nc1ccccc12. The molecule has 2 aromatic carbocycles. The van der Waals surface area contributed by atoms with Crippen molar-refractivity contribution in [1.29, 1.82) is 0 Å². The number of carbonyl (C=O) groups is 3. The molecule has 4 aliphatic rings. The number of anilines is 2. The fourth-order valence-electron chi connectivity index (χ4n) is 7.33. The number of ketones is 1. The summed E-state index contributed by atoms with van der Waals surface area (Å²) in [6, 6.07) is 18.2. The zero-order chi connectivity index (χ0) is 22.4.